The molecule has 26 heavy (non-hydrogen) atoms. The molecule has 8 nitrogen and oxygen atoms in total. The van der Waals surface area contributed by atoms with Crippen molar-refractivity contribution in [1.29, 1.82) is 0 Å². The molecule has 0 unspecified atom stereocenters. The number of benzene rings is 2. The Kier molecular flexibility index (Phi) is 5.83. The zero-order valence-electron chi connectivity index (χ0n) is 13.4. The number of carbonyl (C=O) groups is 2. The molecule has 0 saturated carbocycles. The molecule has 0 aliphatic rings. The summed E-state index contributed by atoms with van der Waals surface area (Å²) in [5.41, 5.74) is 1.25. The van der Waals surface area contributed by atoms with E-state index in [1.54, 1.807) is 0 Å². The van der Waals surface area contributed by atoms with E-state index in [4.69, 9.17) is 0 Å². The van der Waals surface area contributed by atoms with Crippen LogP contribution in [0.1, 0.15) is 11.1 Å². The van der Waals surface area contributed by atoms with Gasteiger partial charge in [0.25, 0.3) is 0 Å². The van der Waals surface area contributed by atoms with Crippen LogP contribution in [0.15, 0.2) is 47.8 Å². The second-order valence-electron chi connectivity index (χ2n) is 5.14. The predicted molar refractivity (Wildman–Crippen MR) is 93.9 cm³/mol. The van der Waals surface area contributed by atoms with Gasteiger partial charge in [-0.05, 0) is 47.5 Å². The van der Waals surface area contributed by atoms with Gasteiger partial charge in [-0.2, -0.15) is 0 Å². The molecule has 6 N–H and O–H groups in total. The quantitative estimate of drug-likeness (QED) is 0.252. The number of carbonyl (C=O) groups excluding carboxylic acids is 2. The molecule has 0 saturated heterocycles. The predicted octanol–water partition coefficient (Wildman–Crippen LogP) is 1.38. The van der Waals surface area contributed by atoms with Crippen molar-refractivity contribution in [2.75, 3.05) is 0 Å². The first-order valence-electron chi connectivity index (χ1n) is 7.32. The minimum Gasteiger partial charge on any atom is -0.504 e. The van der Waals surface area contributed by atoms with Crippen LogP contribution in [0.2, 0.25) is 0 Å². The van der Waals surface area contributed by atoms with Crippen LogP contribution in [0.5, 0.6) is 23.0 Å². The molecular formula is C18H16N2O6. The van der Waals surface area contributed by atoms with Gasteiger partial charge in [0.15, 0.2) is 23.0 Å². The van der Waals surface area contributed by atoms with Crippen LogP contribution >= 0.6 is 0 Å². The molecule has 8 heteroatoms. The second-order valence-corrected chi connectivity index (χ2v) is 5.14. The monoisotopic (exact) mass is 356 g/mol. The summed E-state index contributed by atoms with van der Waals surface area (Å²) in [5.74, 6) is -1.29. The van der Waals surface area contributed by atoms with E-state index in [0.29, 0.717) is 23.9 Å². The first kappa shape index (κ1) is 18.4. The Morgan fingerprint density at radius 1 is 0.654 bits per heavy atom. The fourth-order valence-corrected chi connectivity index (χ4v) is 2.12. The van der Waals surface area contributed by atoms with Gasteiger partial charge in [0, 0.05) is 0 Å². The van der Waals surface area contributed by atoms with Crippen LogP contribution < -0.4 is 10.6 Å². The lowest BCUT2D eigenvalue weighted by molar-refractivity contribution is -0.110. The van der Waals surface area contributed by atoms with E-state index >= 15 is 0 Å². The summed E-state index contributed by atoms with van der Waals surface area (Å²) in [4.78, 5) is 21.9. The Hall–Kier alpha value is -3.94. The lowest BCUT2D eigenvalue weighted by Gasteiger charge is -2.11. The van der Waals surface area contributed by atoms with Crippen molar-refractivity contribution < 1.29 is 30.0 Å². The van der Waals surface area contributed by atoms with E-state index in [1.807, 2.05) is 0 Å². The Morgan fingerprint density at radius 3 is 1.35 bits per heavy atom. The standard InChI is InChI=1S/C18H16N2O6/c21-9-19-13(5-11-1-3-15(23)17(25)7-11)14(20-10-22)6-12-2-4-16(24)18(26)8-12/h1-10,23-26H,(H,19,21)(H,20,22)/b13-5-,14-6+. The molecule has 0 radical (unpaired) electrons. The fraction of sp³-hybridized carbons (Fsp3) is 0. The van der Waals surface area contributed by atoms with Gasteiger partial charge >= 0.3 is 0 Å². The van der Waals surface area contributed by atoms with E-state index in [1.165, 1.54) is 48.6 Å². The molecule has 2 aromatic carbocycles. The molecule has 0 aliphatic carbocycles. The molecule has 2 amide bonds. The number of phenolic OH excluding ortho intramolecular Hbond substituents is 4. The Bertz CT molecular complexity index is 816. The third kappa shape index (κ3) is 4.54. The van der Waals surface area contributed by atoms with Gasteiger partial charge < -0.3 is 31.1 Å². The molecule has 0 fully saturated rings. The number of phenols is 4. The van der Waals surface area contributed by atoms with E-state index in [9.17, 15) is 30.0 Å². The van der Waals surface area contributed by atoms with Crippen molar-refractivity contribution in [2.24, 2.45) is 0 Å². The van der Waals surface area contributed by atoms with Gasteiger partial charge in [-0.1, -0.05) is 12.1 Å². The van der Waals surface area contributed by atoms with Gasteiger partial charge in [-0.25, -0.2) is 0 Å². The van der Waals surface area contributed by atoms with E-state index in [0.717, 1.165) is 0 Å². The van der Waals surface area contributed by atoms with E-state index in [2.05, 4.69) is 10.6 Å². The van der Waals surface area contributed by atoms with Crippen molar-refractivity contribution in [2.45, 2.75) is 0 Å². The lowest BCUT2D eigenvalue weighted by atomic mass is 10.1. The van der Waals surface area contributed by atoms with Crippen molar-refractivity contribution in [3.8, 4) is 23.0 Å². The highest BCUT2D eigenvalue weighted by molar-refractivity contribution is 5.73. The summed E-state index contributed by atoms with van der Waals surface area (Å²) < 4.78 is 0. The number of rotatable bonds is 7. The summed E-state index contributed by atoms with van der Waals surface area (Å²) in [6.07, 6.45) is 3.72. The van der Waals surface area contributed by atoms with Gasteiger partial charge in [0.2, 0.25) is 12.8 Å². The summed E-state index contributed by atoms with van der Waals surface area (Å²) in [6, 6.07) is 8.07. The number of amides is 2. The molecule has 0 heterocycles. The zero-order chi connectivity index (χ0) is 19.1. The number of hydrogen-bond acceptors (Lipinski definition) is 6. The third-order valence-corrected chi connectivity index (χ3v) is 3.34. The largest absolute Gasteiger partial charge is 0.504 e. The van der Waals surface area contributed by atoms with Gasteiger partial charge in [-0.3, -0.25) is 9.59 Å². The minimum atomic E-state index is -0.346. The summed E-state index contributed by atoms with van der Waals surface area (Å²) >= 11 is 0. The lowest BCUT2D eigenvalue weighted by Crippen LogP contribution is -2.21. The molecular weight excluding hydrogens is 340 g/mol. The molecule has 0 aromatic heterocycles. The topological polar surface area (TPSA) is 139 Å². The highest BCUT2D eigenvalue weighted by atomic mass is 16.3. The van der Waals surface area contributed by atoms with E-state index in [-0.39, 0.29) is 34.4 Å². The average molecular weight is 356 g/mol. The molecule has 2 aromatic rings. The van der Waals surface area contributed by atoms with E-state index < -0.39 is 0 Å². The van der Waals surface area contributed by atoms with Crippen molar-refractivity contribution >= 4 is 25.0 Å². The summed E-state index contributed by atoms with van der Waals surface area (Å²) in [5, 5.41) is 42.7. The summed E-state index contributed by atoms with van der Waals surface area (Å²) in [6.45, 7) is 0. The summed E-state index contributed by atoms with van der Waals surface area (Å²) in [7, 11) is 0. The molecule has 0 aliphatic heterocycles. The van der Waals surface area contributed by atoms with Gasteiger partial charge in [0.05, 0.1) is 11.4 Å². The first-order valence-corrected chi connectivity index (χ1v) is 7.32. The first-order chi connectivity index (χ1) is 12.4. The van der Waals surface area contributed by atoms with Crippen LogP contribution in [0, 0.1) is 0 Å². The maximum atomic E-state index is 10.9. The fourth-order valence-electron chi connectivity index (χ4n) is 2.12. The number of aromatic hydroxyl groups is 4. The van der Waals surface area contributed by atoms with Gasteiger partial charge in [0.1, 0.15) is 0 Å². The molecule has 0 spiro atoms. The van der Waals surface area contributed by atoms with Crippen molar-refractivity contribution in [3.63, 3.8) is 0 Å². The second kappa shape index (κ2) is 8.25. The third-order valence-electron chi connectivity index (χ3n) is 3.34. The Morgan fingerprint density at radius 2 is 1.04 bits per heavy atom. The Labute approximate surface area is 148 Å². The molecule has 0 bridgehead atoms. The van der Waals surface area contributed by atoms with Crippen LogP contribution in [-0.2, 0) is 9.59 Å². The maximum Gasteiger partial charge on any atom is 0.211 e. The normalized spacial score (nSPS) is 11.7. The number of nitrogens with one attached hydrogen (secondary N) is 2. The minimum absolute atomic E-state index is 0.185. The van der Waals surface area contributed by atoms with Crippen LogP contribution in [0.25, 0.3) is 12.2 Å². The van der Waals surface area contributed by atoms with Crippen molar-refractivity contribution in [1.82, 2.24) is 10.6 Å². The van der Waals surface area contributed by atoms with Gasteiger partial charge in [-0.15, -0.1) is 0 Å². The van der Waals surface area contributed by atoms with Crippen molar-refractivity contribution in [3.05, 3.63) is 58.9 Å². The number of hydrogen-bond donors (Lipinski definition) is 6. The zero-order valence-corrected chi connectivity index (χ0v) is 13.4. The highest BCUT2D eigenvalue weighted by Crippen LogP contribution is 2.28. The molecule has 134 valence electrons. The van der Waals surface area contributed by atoms with Crippen LogP contribution in [0.4, 0.5) is 0 Å². The van der Waals surface area contributed by atoms with Crippen LogP contribution in [-0.4, -0.2) is 33.2 Å². The smallest absolute Gasteiger partial charge is 0.211 e. The average Bonchev–Trinajstić information content (AvgIpc) is 2.60. The van der Waals surface area contributed by atoms with Crippen LogP contribution in [0.3, 0.4) is 0 Å². The maximum absolute atomic E-state index is 10.9. The molecule has 2 rings (SSSR count). The highest BCUT2D eigenvalue weighted by Gasteiger charge is 2.08. The Balaban J connectivity index is 2.50. The SMILES string of the molecule is O=CNC(=C\c1ccc(O)c(O)c1)/C(=C\c1ccc(O)c(O)c1)NC=O. The molecule has 0 atom stereocenters.